The first-order valence-electron chi connectivity index (χ1n) is 9.68. The molecule has 0 spiro atoms. The van der Waals surface area contributed by atoms with Crippen LogP contribution in [0.1, 0.15) is 47.2 Å². The van der Waals surface area contributed by atoms with Crippen LogP contribution in [0.15, 0.2) is 28.9 Å². The van der Waals surface area contributed by atoms with Crippen molar-refractivity contribution < 1.29 is 4.79 Å². The minimum Gasteiger partial charge on any atom is -0.362 e. The van der Waals surface area contributed by atoms with Gasteiger partial charge in [0.15, 0.2) is 0 Å². The van der Waals surface area contributed by atoms with E-state index in [9.17, 15) is 4.79 Å². The van der Waals surface area contributed by atoms with Gasteiger partial charge in [-0.05, 0) is 63.3 Å². The molecule has 1 fully saturated rings. The maximum atomic E-state index is 12.5. The summed E-state index contributed by atoms with van der Waals surface area (Å²) in [7, 11) is 3.97. The maximum absolute atomic E-state index is 12.5. The highest BCUT2D eigenvalue weighted by Crippen LogP contribution is 2.23. The number of carbonyl (C=O) groups is 1. The fourth-order valence-electron chi connectivity index (χ4n) is 3.57. The molecular formula is C21H28BrN5O. The van der Waals surface area contributed by atoms with Crippen molar-refractivity contribution in [1.29, 1.82) is 0 Å². The van der Waals surface area contributed by atoms with Crippen molar-refractivity contribution >= 4 is 33.6 Å². The Morgan fingerprint density at radius 2 is 1.79 bits per heavy atom. The van der Waals surface area contributed by atoms with Crippen LogP contribution in [0.25, 0.3) is 0 Å². The number of halogens is 1. The van der Waals surface area contributed by atoms with Crippen LogP contribution in [0.4, 0.5) is 11.8 Å². The summed E-state index contributed by atoms with van der Waals surface area (Å²) in [4.78, 5) is 23.5. The van der Waals surface area contributed by atoms with E-state index in [0.29, 0.717) is 17.6 Å². The quantitative estimate of drug-likeness (QED) is 0.725. The van der Waals surface area contributed by atoms with Crippen LogP contribution in [0.5, 0.6) is 0 Å². The summed E-state index contributed by atoms with van der Waals surface area (Å²) in [6.45, 7) is 4.01. The maximum Gasteiger partial charge on any atom is 0.251 e. The number of carbonyl (C=O) groups excluding carboxylic acids is 1. The normalized spacial score (nSPS) is 19.2. The first kappa shape index (κ1) is 20.6. The fourth-order valence-corrected chi connectivity index (χ4v) is 3.82. The number of anilines is 2. The monoisotopic (exact) mass is 445 g/mol. The number of amides is 1. The summed E-state index contributed by atoms with van der Waals surface area (Å²) >= 11 is 3.48. The third kappa shape index (κ3) is 5.01. The van der Waals surface area contributed by atoms with Crippen LogP contribution in [0.2, 0.25) is 0 Å². The van der Waals surface area contributed by atoms with Crippen LogP contribution < -0.4 is 15.5 Å². The summed E-state index contributed by atoms with van der Waals surface area (Å²) in [6, 6.07) is 6.25. The lowest BCUT2D eigenvalue weighted by Crippen LogP contribution is -2.40. The van der Waals surface area contributed by atoms with Gasteiger partial charge in [0.2, 0.25) is 5.95 Å². The van der Waals surface area contributed by atoms with E-state index in [-0.39, 0.29) is 11.9 Å². The van der Waals surface area contributed by atoms with Gasteiger partial charge < -0.3 is 15.5 Å². The number of nitrogens with one attached hydrogen (secondary N) is 2. The molecule has 0 aliphatic heterocycles. The van der Waals surface area contributed by atoms with E-state index in [0.717, 1.165) is 47.1 Å². The molecule has 1 aromatic carbocycles. The molecule has 0 radical (unpaired) electrons. The molecule has 1 aliphatic carbocycles. The second kappa shape index (κ2) is 8.90. The molecule has 0 atom stereocenters. The van der Waals surface area contributed by atoms with E-state index in [2.05, 4.69) is 36.5 Å². The lowest BCUT2D eigenvalue weighted by Gasteiger charge is -2.30. The van der Waals surface area contributed by atoms with Crippen molar-refractivity contribution in [2.24, 2.45) is 0 Å². The number of hydrogen-bond donors (Lipinski definition) is 2. The molecule has 3 rings (SSSR count). The number of aryl methyl sites for hydroxylation is 2. The topological polar surface area (TPSA) is 70.2 Å². The Morgan fingerprint density at radius 1 is 1.11 bits per heavy atom. The Bertz CT molecular complexity index is 847. The van der Waals surface area contributed by atoms with E-state index in [1.54, 1.807) is 0 Å². The second-order valence-corrected chi connectivity index (χ2v) is 8.58. The SMILES string of the molecule is Cc1cc(C(=O)N[C@H]2CC[C@@H](Nc3ncc(C)c(N(C)C)n3)CC2)ccc1Br. The summed E-state index contributed by atoms with van der Waals surface area (Å²) in [5, 5.41) is 6.63. The van der Waals surface area contributed by atoms with Crippen LogP contribution in [-0.4, -0.2) is 42.1 Å². The van der Waals surface area contributed by atoms with Gasteiger partial charge in [-0.1, -0.05) is 15.9 Å². The number of rotatable bonds is 5. The molecule has 0 bridgehead atoms. The minimum atomic E-state index is 0.00417. The van der Waals surface area contributed by atoms with Crippen LogP contribution in [0, 0.1) is 13.8 Å². The Hall–Kier alpha value is -2.15. The summed E-state index contributed by atoms with van der Waals surface area (Å²) in [6.07, 6.45) is 5.73. The van der Waals surface area contributed by atoms with Gasteiger partial charge in [0.05, 0.1) is 0 Å². The van der Waals surface area contributed by atoms with E-state index in [4.69, 9.17) is 0 Å². The van der Waals surface area contributed by atoms with Gasteiger partial charge in [-0.15, -0.1) is 0 Å². The molecule has 7 heteroatoms. The molecule has 2 aromatic rings. The third-order valence-electron chi connectivity index (χ3n) is 5.18. The average molecular weight is 446 g/mol. The largest absolute Gasteiger partial charge is 0.362 e. The van der Waals surface area contributed by atoms with Crippen molar-refractivity contribution in [3.8, 4) is 0 Å². The zero-order chi connectivity index (χ0) is 20.3. The van der Waals surface area contributed by atoms with Crippen molar-refractivity contribution in [2.45, 2.75) is 51.6 Å². The molecule has 1 aromatic heterocycles. The molecule has 1 heterocycles. The zero-order valence-corrected chi connectivity index (χ0v) is 18.5. The second-order valence-electron chi connectivity index (χ2n) is 7.72. The smallest absolute Gasteiger partial charge is 0.251 e. The molecule has 6 nitrogen and oxygen atoms in total. The highest BCUT2D eigenvalue weighted by molar-refractivity contribution is 9.10. The highest BCUT2D eigenvalue weighted by atomic mass is 79.9. The van der Waals surface area contributed by atoms with Crippen molar-refractivity contribution in [3.05, 3.63) is 45.6 Å². The van der Waals surface area contributed by atoms with E-state index < -0.39 is 0 Å². The number of hydrogen-bond acceptors (Lipinski definition) is 5. The van der Waals surface area contributed by atoms with Crippen LogP contribution >= 0.6 is 15.9 Å². The Balaban J connectivity index is 1.52. The molecule has 0 saturated heterocycles. The predicted molar refractivity (Wildman–Crippen MR) is 117 cm³/mol. The molecule has 1 amide bonds. The van der Waals surface area contributed by atoms with Gasteiger partial charge in [0, 0.05) is 48.0 Å². The van der Waals surface area contributed by atoms with Gasteiger partial charge in [0.1, 0.15) is 5.82 Å². The van der Waals surface area contributed by atoms with Gasteiger partial charge in [0.25, 0.3) is 5.91 Å². The van der Waals surface area contributed by atoms with E-state index in [1.807, 2.05) is 57.2 Å². The van der Waals surface area contributed by atoms with E-state index in [1.165, 1.54) is 0 Å². The van der Waals surface area contributed by atoms with Gasteiger partial charge in [-0.2, -0.15) is 4.98 Å². The lowest BCUT2D eigenvalue weighted by atomic mass is 9.91. The number of nitrogens with zero attached hydrogens (tertiary/aromatic N) is 3. The lowest BCUT2D eigenvalue weighted by molar-refractivity contribution is 0.0926. The van der Waals surface area contributed by atoms with Gasteiger partial charge in [-0.25, -0.2) is 4.98 Å². The van der Waals surface area contributed by atoms with Crippen molar-refractivity contribution in [2.75, 3.05) is 24.3 Å². The summed E-state index contributed by atoms with van der Waals surface area (Å²) in [5.74, 6) is 1.61. The Labute approximate surface area is 175 Å². The standard InChI is InChI=1S/C21H28BrN5O/c1-13-11-15(5-10-18(13)22)20(28)24-16-6-8-17(9-7-16)25-21-23-12-14(2)19(26-21)27(3)4/h5,10-12,16-17H,6-9H2,1-4H3,(H,24,28)(H,23,25,26)/t16-,17+. The number of aromatic nitrogens is 2. The fraction of sp³-hybridized carbons (Fsp3) is 0.476. The Kier molecular flexibility index (Phi) is 6.54. The van der Waals surface area contributed by atoms with Crippen LogP contribution in [0.3, 0.4) is 0 Å². The highest BCUT2D eigenvalue weighted by Gasteiger charge is 2.23. The predicted octanol–water partition coefficient (Wildman–Crippen LogP) is 4.08. The first-order chi connectivity index (χ1) is 13.3. The average Bonchev–Trinajstić information content (AvgIpc) is 2.66. The van der Waals surface area contributed by atoms with Gasteiger partial charge >= 0.3 is 0 Å². The molecule has 150 valence electrons. The molecule has 1 aliphatic rings. The third-order valence-corrected chi connectivity index (χ3v) is 6.07. The van der Waals surface area contributed by atoms with Crippen molar-refractivity contribution in [3.63, 3.8) is 0 Å². The van der Waals surface area contributed by atoms with E-state index >= 15 is 0 Å². The van der Waals surface area contributed by atoms with Crippen LogP contribution in [-0.2, 0) is 0 Å². The molecule has 0 unspecified atom stereocenters. The molecular weight excluding hydrogens is 418 g/mol. The Morgan fingerprint density at radius 3 is 2.43 bits per heavy atom. The zero-order valence-electron chi connectivity index (χ0n) is 16.9. The molecule has 1 saturated carbocycles. The van der Waals surface area contributed by atoms with Gasteiger partial charge in [-0.3, -0.25) is 4.79 Å². The first-order valence-corrected chi connectivity index (χ1v) is 10.5. The number of benzene rings is 1. The minimum absolute atomic E-state index is 0.00417. The van der Waals surface area contributed by atoms with Crippen molar-refractivity contribution in [1.82, 2.24) is 15.3 Å². The summed E-state index contributed by atoms with van der Waals surface area (Å²) < 4.78 is 1.02. The molecule has 2 N–H and O–H groups in total. The molecule has 28 heavy (non-hydrogen) atoms. The summed E-state index contributed by atoms with van der Waals surface area (Å²) in [5.41, 5.74) is 2.84.